The summed E-state index contributed by atoms with van der Waals surface area (Å²) in [6.45, 7) is 0. The molecule has 6 heteroatoms. The monoisotopic (exact) mass is 316 g/mol. The minimum absolute atomic E-state index is 0.0861. The summed E-state index contributed by atoms with van der Waals surface area (Å²) in [4.78, 5) is 0.326. The maximum atomic E-state index is 12.2. The van der Waals surface area contributed by atoms with Crippen LogP contribution in [0, 0.1) is 0 Å². The van der Waals surface area contributed by atoms with Gasteiger partial charge in [-0.3, -0.25) is 0 Å². The van der Waals surface area contributed by atoms with Crippen LogP contribution >= 0.6 is 0 Å². The van der Waals surface area contributed by atoms with Gasteiger partial charge in [-0.25, -0.2) is 16.8 Å². The third-order valence-corrected chi connectivity index (χ3v) is 6.44. The van der Waals surface area contributed by atoms with Crippen molar-refractivity contribution in [3.05, 3.63) is 29.3 Å². The van der Waals surface area contributed by atoms with Crippen molar-refractivity contribution in [2.45, 2.75) is 37.0 Å². The highest BCUT2D eigenvalue weighted by Crippen LogP contribution is 2.24. The van der Waals surface area contributed by atoms with E-state index in [1.807, 2.05) is 6.07 Å². The van der Waals surface area contributed by atoms with Gasteiger partial charge in [0.2, 0.25) is 0 Å². The van der Waals surface area contributed by atoms with E-state index < -0.39 is 19.7 Å². The molecule has 0 amide bonds. The van der Waals surface area contributed by atoms with Gasteiger partial charge in [0, 0.05) is 6.26 Å². The number of rotatable bonds is 5. The lowest BCUT2D eigenvalue weighted by Crippen LogP contribution is -2.13. The van der Waals surface area contributed by atoms with Crippen LogP contribution in [0.5, 0.6) is 0 Å². The van der Waals surface area contributed by atoms with Crippen LogP contribution in [0.15, 0.2) is 23.1 Å². The molecular formula is C14H20O4S2. The van der Waals surface area contributed by atoms with Crippen LogP contribution in [0.4, 0.5) is 0 Å². The Morgan fingerprint density at radius 2 is 1.60 bits per heavy atom. The van der Waals surface area contributed by atoms with Crippen molar-refractivity contribution in [2.75, 3.05) is 17.8 Å². The zero-order chi connectivity index (χ0) is 14.8. The third-order valence-electron chi connectivity index (χ3n) is 3.61. The molecule has 0 fully saturated rings. The average molecular weight is 316 g/mol. The fourth-order valence-corrected chi connectivity index (χ4v) is 4.74. The van der Waals surface area contributed by atoms with Gasteiger partial charge in [-0.1, -0.05) is 6.07 Å². The Labute approximate surface area is 121 Å². The Bertz CT molecular complexity index is 688. The van der Waals surface area contributed by atoms with E-state index in [9.17, 15) is 16.8 Å². The van der Waals surface area contributed by atoms with Crippen LogP contribution < -0.4 is 0 Å². The minimum atomic E-state index is -3.38. The van der Waals surface area contributed by atoms with Crippen LogP contribution in [0.1, 0.15) is 30.4 Å². The first kappa shape index (κ1) is 15.5. The van der Waals surface area contributed by atoms with E-state index in [4.69, 9.17) is 0 Å². The second kappa shape index (κ2) is 5.85. The van der Waals surface area contributed by atoms with Crippen molar-refractivity contribution in [1.82, 2.24) is 0 Å². The molecule has 0 saturated heterocycles. The smallest absolute Gasteiger partial charge is 0.178 e. The summed E-state index contributed by atoms with van der Waals surface area (Å²) in [5, 5.41) is 0. The summed E-state index contributed by atoms with van der Waals surface area (Å²) in [7, 11) is -6.49. The van der Waals surface area contributed by atoms with Gasteiger partial charge >= 0.3 is 0 Å². The molecule has 0 N–H and O–H groups in total. The first-order chi connectivity index (χ1) is 9.28. The summed E-state index contributed by atoms with van der Waals surface area (Å²) in [5.74, 6) is -0.198. The molecule has 2 rings (SSSR count). The number of aryl methyl sites for hydroxylation is 2. The molecule has 0 spiro atoms. The van der Waals surface area contributed by atoms with Crippen LogP contribution in [0.2, 0.25) is 0 Å². The number of fused-ring (bicyclic) bond motifs is 1. The second-order valence-electron chi connectivity index (χ2n) is 5.44. The summed E-state index contributed by atoms with van der Waals surface area (Å²) in [6, 6.07) is 5.32. The van der Waals surface area contributed by atoms with Crippen LogP contribution in [0.25, 0.3) is 0 Å². The first-order valence-corrected chi connectivity index (χ1v) is 10.5. The zero-order valence-corrected chi connectivity index (χ0v) is 13.3. The van der Waals surface area contributed by atoms with E-state index in [1.165, 1.54) is 5.56 Å². The lowest BCUT2D eigenvalue weighted by molar-refractivity contribution is 0.591. The van der Waals surface area contributed by atoms with Crippen molar-refractivity contribution in [1.29, 1.82) is 0 Å². The minimum Gasteiger partial charge on any atom is -0.229 e. The van der Waals surface area contributed by atoms with Gasteiger partial charge in [0.25, 0.3) is 0 Å². The fraction of sp³-hybridized carbons (Fsp3) is 0.571. The number of hydrogen-bond donors (Lipinski definition) is 0. The van der Waals surface area contributed by atoms with Crippen molar-refractivity contribution in [3.8, 4) is 0 Å². The molecular weight excluding hydrogens is 296 g/mol. The zero-order valence-electron chi connectivity index (χ0n) is 11.6. The number of hydrogen-bond acceptors (Lipinski definition) is 4. The third kappa shape index (κ3) is 4.06. The molecule has 0 bridgehead atoms. The molecule has 4 nitrogen and oxygen atoms in total. The molecule has 0 unspecified atom stereocenters. The maximum Gasteiger partial charge on any atom is 0.178 e. The predicted octanol–water partition coefficient (Wildman–Crippen LogP) is 1.77. The van der Waals surface area contributed by atoms with Crippen molar-refractivity contribution < 1.29 is 16.8 Å². The Kier molecular flexibility index (Phi) is 4.54. The number of sulfone groups is 2. The topological polar surface area (TPSA) is 68.3 Å². The van der Waals surface area contributed by atoms with E-state index in [0.717, 1.165) is 37.5 Å². The summed E-state index contributed by atoms with van der Waals surface area (Å²) < 4.78 is 46.5. The van der Waals surface area contributed by atoms with E-state index in [2.05, 4.69) is 0 Å². The van der Waals surface area contributed by atoms with Gasteiger partial charge in [-0.15, -0.1) is 0 Å². The van der Waals surface area contributed by atoms with E-state index >= 15 is 0 Å². The van der Waals surface area contributed by atoms with Gasteiger partial charge < -0.3 is 0 Å². The predicted molar refractivity (Wildman–Crippen MR) is 79.5 cm³/mol. The molecule has 1 aromatic rings. The maximum absolute atomic E-state index is 12.2. The Morgan fingerprint density at radius 3 is 2.25 bits per heavy atom. The highest BCUT2D eigenvalue weighted by molar-refractivity contribution is 7.92. The summed E-state index contributed by atoms with van der Waals surface area (Å²) in [6.07, 6.45) is 5.49. The highest BCUT2D eigenvalue weighted by Gasteiger charge is 2.18. The van der Waals surface area contributed by atoms with E-state index in [1.54, 1.807) is 12.1 Å². The van der Waals surface area contributed by atoms with Gasteiger partial charge in [-0.05, 0) is 55.4 Å². The van der Waals surface area contributed by atoms with Gasteiger partial charge in [-0.2, -0.15) is 0 Å². The van der Waals surface area contributed by atoms with Crippen molar-refractivity contribution >= 4 is 19.7 Å². The van der Waals surface area contributed by atoms with E-state index in [-0.39, 0.29) is 17.9 Å². The molecule has 20 heavy (non-hydrogen) atoms. The van der Waals surface area contributed by atoms with Gasteiger partial charge in [0.1, 0.15) is 9.84 Å². The fourth-order valence-electron chi connectivity index (χ4n) is 2.53. The average Bonchev–Trinajstić information content (AvgIpc) is 2.36. The molecule has 0 aromatic heterocycles. The molecule has 1 aromatic carbocycles. The molecule has 1 aliphatic carbocycles. The van der Waals surface area contributed by atoms with Crippen LogP contribution in [0.3, 0.4) is 0 Å². The molecule has 0 heterocycles. The standard InChI is InChI=1S/C14H20O4S2/c1-19(15,16)9-4-10-20(17,18)14-8-7-12-5-2-3-6-13(12)11-14/h7-8,11H,2-6,9-10H2,1H3. The molecule has 112 valence electrons. The van der Waals surface area contributed by atoms with Crippen molar-refractivity contribution in [3.63, 3.8) is 0 Å². The normalized spacial score (nSPS) is 15.8. The largest absolute Gasteiger partial charge is 0.229 e. The quantitative estimate of drug-likeness (QED) is 0.830. The Balaban J connectivity index is 2.13. The lowest BCUT2D eigenvalue weighted by atomic mass is 9.92. The van der Waals surface area contributed by atoms with E-state index in [0.29, 0.717) is 4.90 Å². The second-order valence-corrected chi connectivity index (χ2v) is 9.81. The highest BCUT2D eigenvalue weighted by atomic mass is 32.2. The van der Waals surface area contributed by atoms with Gasteiger partial charge in [0.05, 0.1) is 16.4 Å². The van der Waals surface area contributed by atoms with Gasteiger partial charge in [0.15, 0.2) is 9.84 Å². The van der Waals surface area contributed by atoms with Crippen LogP contribution in [-0.4, -0.2) is 34.6 Å². The number of benzene rings is 1. The van der Waals surface area contributed by atoms with Crippen LogP contribution in [-0.2, 0) is 32.5 Å². The lowest BCUT2D eigenvalue weighted by Gasteiger charge is -2.16. The molecule has 0 atom stereocenters. The summed E-state index contributed by atoms with van der Waals surface area (Å²) in [5.41, 5.74) is 2.37. The molecule has 0 radical (unpaired) electrons. The van der Waals surface area contributed by atoms with Crippen molar-refractivity contribution in [2.24, 2.45) is 0 Å². The Morgan fingerprint density at radius 1 is 0.950 bits per heavy atom. The first-order valence-electron chi connectivity index (χ1n) is 6.80. The molecule has 1 aliphatic rings. The molecule has 0 saturated carbocycles. The molecule has 0 aliphatic heterocycles. The Hall–Kier alpha value is -0.880. The SMILES string of the molecule is CS(=O)(=O)CCCS(=O)(=O)c1ccc2c(c1)CCCC2. The summed E-state index contributed by atoms with van der Waals surface area (Å²) >= 11 is 0.